The Morgan fingerprint density at radius 3 is 3.00 bits per heavy atom. The first-order valence-electron chi connectivity index (χ1n) is 2.84. The Morgan fingerprint density at radius 2 is 2.71 bits per heavy atom. The first-order valence-corrected chi connectivity index (χ1v) is 2.84. The molecule has 0 aliphatic carbocycles. The van der Waals surface area contributed by atoms with E-state index in [9.17, 15) is 0 Å². The van der Waals surface area contributed by atoms with Crippen LogP contribution < -0.4 is 5.32 Å². The average molecular weight is 97.2 g/mol. The van der Waals surface area contributed by atoms with Crippen LogP contribution in [0.15, 0.2) is 12.3 Å². The Balaban J connectivity index is 2.22. The molecule has 0 aromatic rings. The number of rotatable bonds is 1. The highest BCUT2D eigenvalue weighted by molar-refractivity contribution is 4.93. The van der Waals surface area contributed by atoms with Gasteiger partial charge in [-0.05, 0) is 19.0 Å². The molecule has 0 fully saturated rings. The summed E-state index contributed by atoms with van der Waals surface area (Å²) in [6.45, 7) is 2.20. The highest BCUT2D eigenvalue weighted by Gasteiger charge is 2.03. The van der Waals surface area contributed by atoms with Gasteiger partial charge in [-0.15, -0.1) is 0 Å². The molecule has 40 valence electrons. The Morgan fingerprint density at radius 1 is 1.86 bits per heavy atom. The van der Waals surface area contributed by atoms with Crippen molar-refractivity contribution in [2.24, 2.45) is 0 Å². The zero-order valence-electron chi connectivity index (χ0n) is 4.65. The second kappa shape index (κ2) is 2.01. The molecule has 1 unspecified atom stereocenters. The standard InChI is InChI=1S/C6H11N/c1-2-6-4-3-5-7-6/h3,5-7H,2,4H2,1H3. The second-order valence-corrected chi connectivity index (χ2v) is 1.91. The van der Waals surface area contributed by atoms with Gasteiger partial charge in [0, 0.05) is 6.04 Å². The van der Waals surface area contributed by atoms with Crippen LogP contribution in [0.5, 0.6) is 0 Å². The van der Waals surface area contributed by atoms with Gasteiger partial charge in [0.15, 0.2) is 0 Å². The van der Waals surface area contributed by atoms with Crippen LogP contribution in [0.2, 0.25) is 0 Å². The van der Waals surface area contributed by atoms with Gasteiger partial charge in [0.05, 0.1) is 0 Å². The Labute approximate surface area is 44.4 Å². The summed E-state index contributed by atoms with van der Waals surface area (Å²) in [7, 11) is 0. The van der Waals surface area contributed by atoms with Gasteiger partial charge in [-0.3, -0.25) is 0 Å². The molecule has 1 N–H and O–H groups in total. The van der Waals surface area contributed by atoms with E-state index in [0.29, 0.717) is 0 Å². The topological polar surface area (TPSA) is 12.0 Å². The van der Waals surface area contributed by atoms with Crippen molar-refractivity contribution in [1.82, 2.24) is 5.32 Å². The minimum Gasteiger partial charge on any atom is -0.388 e. The van der Waals surface area contributed by atoms with Crippen molar-refractivity contribution in [2.45, 2.75) is 25.8 Å². The van der Waals surface area contributed by atoms with Gasteiger partial charge in [0.2, 0.25) is 0 Å². The fourth-order valence-corrected chi connectivity index (χ4v) is 0.789. The monoisotopic (exact) mass is 97.1 g/mol. The van der Waals surface area contributed by atoms with Gasteiger partial charge >= 0.3 is 0 Å². The zero-order chi connectivity index (χ0) is 5.11. The lowest BCUT2D eigenvalue weighted by atomic mass is 10.2. The number of hydrogen-bond donors (Lipinski definition) is 1. The SMILES string of the molecule is CCC1CC=CN1. The van der Waals surface area contributed by atoms with E-state index in [4.69, 9.17) is 0 Å². The largest absolute Gasteiger partial charge is 0.388 e. The van der Waals surface area contributed by atoms with E-state index in [0.717, 1.165) is 6.04 Å². The summed E-state index contributed by atoms with van der Waals surface area (Å²) in [6.07, 6.45) is 6.67. The molecule has 1 atom stereocenters. The van der Waals surface area contributed by atoms with Gasteiger partial charge in [-0.25, -0.2) is 0 Å². The van der Waals surface area contributed by atoms with E-state index in [1.54, 1.807) is 0 Å². The van der Waals surface area contributed by atoms with Crippen molar-refractivity contribution >= 4 is 0 Å². The molecule has 0 saturated carbocycles. The maximum absolute atomic E-state index is 3.23. The molecule has 1 heterocycles. The summed E-state index contributed by atoms with van der Waals surface area (Å²) in [5, 5.41) is 3.23. The zero-order valence-corrected chi connectivity index (χ0v) is 4.65. The fourth-order valence-electron chi connectivity index (χ4n) is 0.789. The van der Waals surface area contributed by atoms with Crippen LogP contribution in [-0.2, 0) is 0 Å². The number of nitrogens with one attached hydrogen (secondary N) is 1. The van der Waals surface area contributed by atoms with Crippen LogP contribution in [0.1, 0.15) is 19.8 Å². The molecule has 0 aromatic carbocycles. The predicted octanol–water partition coefficient (Wildman–Crippen LogP) is 1.27. The molecule has 7 heavy (non-hydrogen) atoms. The summed E-state index contributed by atoms with van der Waals surface area (Å²) >= 11 is 0. The van der Waals surface area contributed by atoms with Crippen molar-refractivity contribution in [1.29, 1.82) is 0 Å². The van der Waals surface area contributed by atoms with E-state index in [-0.39, 0.29) is 0 Å². The molecule has 1 rings (SSSR count). The van der Waals surface area contributed by atoms with Gasteiger partial charge < -0.3 is 5.32 Å². The third-order valence-electron chi connectivity index (χ3n) is 1.36. The third kappa shape index (κ3) is 0.952. The Hall–Kier alpha value is -0.460. The summed E-state index contributed by atoms with van der Waals surface area (Å²) in [6, 6.07) is 0.736. The van der Waals surface area contributed by atoms with Crippen molar-refractivity contribution < 1.29 is 0 Å². The summed E-state index contributed by atoms with van der Waals surface area (Å²) in [4.78, 5) is 0. The van der Waals surface area contributed by atoms with Gasteiger partial charge in [-0.1, -0.05) is 13.0 Å². The van der Waals surface area contributed by atoms with Crippen LogP contribution in [0, 0.1) is 0 Å². The molecule has 1 aliphatic heterocycles. The second-order valence-electron chi connectivity index (χ2n) is 1.91. The maximum Gasteiger partial charge on any atom is 0.0288 e. The van der Waals surface area contributed by atoms with Gasteiger partial charge in [0.1, 0.15) is 0 Å². The summed E-state index contributed by atoms with van der Waals surface area (Å²) in [5.74, 6) is 0. The van der Waals surface area contributed by atoms with Crippen molar-refractivity contribution in [3.8, 4) is 0 Å². The minimum atomic E-state index is 0.736. The average Bonchev–Trinajstić information content (AvgIpc) is 2.14. The molecule has 1 heteroatoms. The third-order valence-corrected chi connectivity index (χ3v) is 1.36. The molecular formula is C6H11N. The molecule has 0 radical (unpaired) electrons. The molecule has 1 aliphatic rings. The minimum absolute atomic E-state index is 0.736. The van der Waals surface area contributed by atoms with Crippen LogP contribution in [0.4, 0.5) is 0 Å². The Kier molecular flexibility index (Phi) is 1.35. The highest BCUT2D eigenvalue weighted by Crippen LogP contribution is 2.03. The predicted molar refractivity (Wildman–Crippen MR) is 31.0 cm³/mol. The van der Waals surface area contributed by atoms with Crippen LogP contribution in [0.3, 0.4) is 0 Å². The van der Waals surface area contributed by atoms with Crippen LogP contribution >= 0.6 is 0 Å². The van der Waals surface area contributed by atoms with Crippen molar-refractivity contribution in [3.63, 3.8) is 0 Å². The normalized spacial score (nSPS) is 27.9. The van der Waals surface area contributed by atoms with Crippen LogP contribution in [-0.4, -0.2) is 6.04 Å². The van der Waals surface area contributed by atoms with Gasteiger partial charge in [0.25, 0.3) is 0 Å². The lowest BCUT2D eigenvalue weighted by molar-refractivity contribution is 0.607. The quantitative estimate of drug-likeness (QED) is 0.519. The molecular weight excluding hydrogens is 86.1 g/mol. The highest BCUT2D eigenvalue weighted by atomic mass is 14.9. The smallest absolute Gasteiger partial charge is 0.0288 e. The lowest BCUT2D eigenvalue weighted by Crippen LogP contribution is -2.16. The molecule has 0 amide bonds. The molecule has 1 nitrogen and oxygen atoms in total. The van der Waals surface area contributed by atoms with E-state index >= 15 is 0 Å². The molecule has 0 saturated heterocycles. The fraction of sp³-hybridized carbons (Fsp3) is 0.667. The van der Waals surface area contributed by atoms with E-state index < -0.39 is 0 Å². The molecule has 0 bridgehead atoms. The van der Waals surface area contributed by atoms with Gasteiger partial charge in [-0.2, -0.15) is 0 Å². The number of hydrogen-bond acceptors (Lipinski definition) is 1. The van der Waals surface area contributed by atoms with Crippen LogP contribution in [0.25, 0.3) is 0 Å². The van der Waals surface area contributed by atoms with E-state index in [1.807, 2.05) is 6.20 Å². The lowest BCUT2D eigenvalue weighted by Gasteiger charge is -2.03. The molecule has 0 spiro atoms. The Bertz CT molecular complexity index is 68.2. The summed E-state index contributed by atoms with van der Waals surface area (Å²) in [5.41, 5.74) is 0. The van der Waals surface area contributed by atoms with E-state index in [1.165, 1.54) is 12.8 Å². The first kappa shape index (κ1) is 4.69. The summed E-state index contributed by atoms with van der Waals surface area (Å²) < 4.78 is 0. The van der Waals surface area contributed by atoms with E-state index in [2.05, 4.69) is 18.3 Å². The maximum atomic E-state index is 3.23. The van der Waals surface area contributed by atoms with Crippen molar-refractivity contribution in [3.05, 3.63) is 12.3 Å². The molecule has 0 aromatic heterocycles. The first-order chi connectivity index (χ1) is 3.43. The van der Waals surface area contributed by atoms with Crippen molar-refractivity contribution in [2.75, 3.05) is 0 Å².